The van der Waals surface area contributed by atoms with Crippen molar-refractivity contribution in [2.75, 3.05) is 6.61 Å². The van der Waals surface area contributed by atoms with Gasteiger partial charge in [0.05, 0.1) is 12.7 Å². The summed E-state index contributed by atoms with van der Waals surface area (Å²) in [5, 5.41) is 20.7. The minimum Gasteiger partial charge on any atom is -0.396 e. The van der Waals surface area contributed by atoms with Gasteiger partial charge in [0.25, 0.3) is 0 Å². The Kier molecular flexibility index (Phi) is 2.45. The Balaban J connectivity index is 1.55. The lowest BCUT2D eigenvalue weighted by atomic mass is 9.39. The lowest BCUT2D eigenvalue weighted by Crippen LogP contribution is -2.62. The minimum absolute atomic E-state index is 0.151. The molecule has 0 aromatic rings. The van der Waals surface area contributed by atoms with Gasteiger partial charge in [0.1, 0.15) is 0 Å². The van der Waals surface area contributed by atoms with Crippen molar-refractivity contribution in [3.05, 3.63) is 0 Å². The Hall–Kier alpha value is -0.0800. The fraction of sp³-hybridized carbons (Fsp3) is 1.00. The van der Waals surface area contributed by atoms with E-state index in [9.17, 15) is 10.2 Å². The summed E-state index contributed by atoms with van der Waals surface area (Å²) >= 11 is 0. The molecule has 0 aliphatic heterocycles. The van der Waals surface area contributed by atoms with Gasteiger partial charge in [0, 0.05) is 5.41 Å². The monoisotopic (exact) mass is 304 g/mol. The van der Waals surface area contributed by atoms with E-state index < -0.39 is 0 Å². The number of hydrogen-bond acceptors (Lipinski definition) is 2. The van der Waals surface area contributed by atoms with Gasteiger partial charge >= 0.3 is 0 Å². The Morgan fingerprint density at radius 1 is 0.955 bits per heavy atom. The molecular weight excluding hydrogens is 272 g/mol. The van der Waals surface area contributed by atoms with Crippen molar-refractivity contribution in [3.8, 4) is 0 Å². The Morgan fingerprint density at radius 3 is 2.36 bits per heavy atom. The SMILES string of the molecule is C[C@]12CC[C@@H](O)[C@](C)(CO)[C@@H]1CC[C@]13C[C@@H]4[C@H](C[C@@H]12)[C@]4(C)C3. The Morgan fingerprint density at radius 2 is 1.73 bits per heavy atom. The number of fused-ring (bicyclic) bond motifs is 1. The van der Waals surface area contributed by atoms with Crippen molar-refractivity contribution < 1.29 is 10.2 Å². The van der Waals surface area contributed by atoms with Crippen LogP contribution < -0.4 is 0 Å². The maximum absolute atomic E-state index is 10.6. The summed E-state index contributed by atoms with van der Waals surface area (Å²) < 4.78 is 0. The highest BCUT2D eigenvalue weighted by atomic mass is 16.3. The molecule has 6 saturated carbocycles. The standard InChI is InChI=1S/C20H32O2/c1-17-6-5-16(22)19(3,11-21)14(17)4-7-20-9-13-12(8-15(17)20)18(13,2)10-20/h12-16,21-22H,4-11H2,1-3H3/t12-,13+,14+,15+,16+,17-,18-,19+,20+/m0/s1. The molecule has 124 valence electrons. The smallest absolute Gasteiger partial charge is 0.0618 e. The second kappa shape index (κ2) is 3.77. The zero-order valence-electron chi connectivity index (χ0n) is 14.4. The van der Waals surface area contributed by atoms with E-state index in [-0.39, 0.29) is 18.1 Å². The number of rotatable bonds is 1. The van der Waals surface area contributed by atoms with Crippen LogP contribution in [0.15, 0.2) is 0 Å². The van der Waals surface area contributed by atoms with Crippen LogP contribution in [0.25, 0.3) is 0 Å². The van der Waals surface area contributed by atoms with Crippen LogP contribution in [0.4, 0.5) is 0 Å². The molecule has 22 heavy (non-hydrogen) atoms. The van der Waals surface area contributed by atoms with Gasteiger partial charge in [-0.25, -0.2) is 0 Å². The van der Waals surface area contributed by atoms with Gasteiger partial charge in [-0.3, -0.25) is 0 Å². The normalized spacial score (nSPS) is 68.3. The molecule has 0 radical (unpaired) electrons. The van der Waals surface area contributed by atoms with Crippen LogP contribution in [0, 0.1) is 45.3 Å². The average Bonchev–Trinajstić information content (AvgIpc) is 2.94. The summed E-state index contributed by atoms with van der Waals surface area (Å²) in [4.78, 5) is 0. The molecule has 2 nitrogen and oxygen atoms in total. The molecule has 0 heterocycles. The summed E-state index contributed by atoms with van der Waals surface area (Å²) in [5.41, 5.74) is 1.40. The Bertz CT molecular complexity index is 532. The maximum atomic E-state index is 10.6. The van der Waals surface area contributed by atoms with Crippen molar-refractivity contribution in [2.45, 2.75) is 71.8 Å². The van der Waals surface area contributed by atoms with E-state index in [0.29, 0.717) is 22.2 Å². The Labute approximate surface area is 134 Å². The molecule has 0 amide bonds. The predicted octanol–water partition coefficient (Wildman–Crippen LogP) is 3.61. The van der Waals surface area contributed by atoms with E-state index in [1.165, 1.54) is 38.5 Å². The summed E-state index contributed by atoms with van der Waals surface area (Å²) in [6.45, 7) is 7.40. The number of aliphatic hydroxyl groups excluding tert-OH is 2. The van der Waals surface area contributed by atoms with E-state index in [0.717, 1.165) is 24.2 Å². The molecule has 6 rings (SSSR count). The van der Waals surface area contributed by atoms with E-state index >= 15 is 0 Å². The first-order chi connectivity index (χ1) is 10.3. The van der Waals surface area contributed by atoms with Crippen molar-refractivity contribution in [1.82, 2.24) is 0 Å². The quantitative estimate of drug-likeness (QED) is 0.777. The molecule has 0 unspecified atom stereocenters. The number of hydrogen-bond donors (Lipinski definition) is 2. The van der Waals surface area contributed by atoms with Crippen LogP contribution in [-0.4, -0.2) is 22.9 Å². The largest absolute Gasteiger partial charge is 0.396 e. The van der Waals surface area contributed by atoms with Crippen molar-refractivity contribution in [3.63, 3.8) is 0 Å². The minimum atomic E-state index is -0.312. The van der Waals surface area contributed by atoms with Crippen LogP contribution >= 0.6 is 0 Å². The summed E-state index contributed by atoms with van der Waals surface area (Å²) in [7, 11) is 0. The van der Waals surface area contributed by atoms with E-state index in [2.05, 4.69) is 20.8 Å². The lowest BCUT2D eigenvalue weighted by molar-refractivity contribution is -0.205. The second-order valence-electron chi connectivity index (χ2n) is 10.6. The molecule has 6 fully saturated rings. The fourth-order valence-corrected chi connectivity index (χ4v) is 8.87. The third kappa shape index (κ3) is 1.30. The lowest BCUT2D eigenvalue weighted by Gasteiger charge is -2.66. The molecule has 2 N–H and O–H groups in total. The average molecular weight is 304 g/mol. The fourth-order valence-electron chi connectivity index (χ4n) is 8.87. The zero-order chi connectivity index (χ0) is 15.5. The molecule has 9 atom stereocenters. The highest BCUT2D eigenvalue weighted by Crippen LogP contribution is 2.85. The molecule has 1 spiro atoms. The van der Waals surface area contributed by atoms with Crippen LogP contribution in [0.1, 0.15) is 65.7 Å². The van der Waals surface area contributed by atoms with Gasteiger partial charge in [0.15, 0.2) is 0 Å². The molecule has 0 saturated heterocycles. The first kappa shape index (κ1) is 14.3. The van der Waals surface area contributed by atoms with Gasteiger partial charge in [-0.1, -0.05) is 20.8 Å². The van der Waals surface area contributed by atoms with Crippen molar-refractivity contribution in [2.24, 2.45) is 45.3 Å². The maximum Gasteiger partial charge on any atom is 0.0618 e. The van der Waals surface area contributed by atoms with Crippen LogP contribution in [0.3, 0.4) is 0 Å². The molecule has 0 aromatic heterocycles. The van der Waals surface area contributed by atoms with Gasteiger partial charge in [0.2, 0.25) is 0 Å². The van der Waals surface area contributed by atoms with E-state index in [1.54, 1.807) is 0 Å². The van der Waals surface area contributed by atoms with E-state index in [1.807, 2.05) is 0 Å². The van der Waals surface area contributed by atoms with Crippen LogP contribution in [0.5, 0.6) is 0 Å². The van der Waals surface area contributed by atoms with Crippen molar-refractivity contribution in [1.29, 1.82) is 0 Å². The predicted molar refractivity (Wildman–Crippen MR) is 86.1 cm³/mol. The first-order valence-electron chi connectivity index (χ1n) is 9.59. The van der Waals surface area contributed by atoms with Gasteiger partial charge in [-0.15, -0.1) is 0 Å². The molecule has 2 heteroatoms. The highest BCUT2D eigenvalue weighted by molar-refractivity contribution is 5.27. The van der Waals surface area contributed by atoms with Gasteiger partial charge < -0.3 is 10.2 Å². The number of aliphatic hydroxyl groups is 2. The van der Waals surface area contributed by atoms with Crippen LogP contribution in [0.2, 0.25) is 0 Å². The summed E-state index contributed by atoms with van der Waals surface area (Å²) in [6, 6.07) is 0. The summed E-state index contributed by atoms with van der Waals surface area (Å²) in [5.74, 6) is 3.41. The molecule has 0 aromatic carbocycles. The van der Waals surface area contributed by atoms with Crippen LogP contribution in [-0.2, 0) is 0 Å². The van der Waals surface area contributed by atoms with Crippen molar-refractivity contribution >= 4 is 0 Å². The molecule has 4 bridgehead atoms. The zero-order valence-corrected chi connectivity index (χ0v) is 14.4. The van der Waals surface area contributed by atoms with Gasteiger partial charge in [-0.05, 0) is 84.9 Å². The first-order valence-corrected chi connectivity index (χ1v) is 9.59. The van der Waals surface area contributed by atoms with E-state index in [4.69, 9.17) is 0 Å². The second-order valence-corrected chi connectivity index (χ2v) is 10.6. The van der Waals surface area contributed by atoms with Gasteiger partial charge in [-0.2, -0.15) is 0 Å². The summed E-state index contributed by atoms with van der Waals surface area (Å²) in [6.07, 6.45) is 8.78. The molecule has 6 aliphatic carbocycles. The highest BCUT2D eigenvalue weighted by Gasteiger charge is 2.78. The third-order valence-corrected chi connectivity index (χ3v) is 10.0. The molecule has 6 aliphatic rings. The molecular formula is C20H32O2. The third-order valence-electron chi connectivity index (χ3n) is 10.0. The topological polar surface area (TPSA) is 40.5 Å².